The van der Waals surface area contributed by atoms with Crippen molar-refractivity contribution in [2.45, 2.75) is 6.92 Å². The Morgan fingerprint density at radius 2 is 0.650 bits per heavy atom. The molecule has 0 fully saturated rings. The van der Waals surface area contributed by atoms with Crippen molar-refractivity contribution in [3.05, 3.63) is 109 Å². The molecule has 40 heavy (non-hydrogen) atoms. The van der Waals surface area contributed by atoms with Crippen LogP contribution >= 0.6 is 0 Å². The monoisotopic (exact) mass is 590 g/mol. The van der Waals surface area contributed by atoms with E-state index < -0.39 is 25.7 Å². The van der Waals surface area contributed by atoms with Crippen LogP contribution < -0.4 is 31.1 Å². The van der Waals surface area contributed by atoms with Gasteiger partial charge in [-0.2, -0.15) is 0 Å². The Labute approximate surface area is 241 Å². The predicted octanol–water partition coefficient (Wildman–Crippen LogP) is 1.54. The summed E-state index contributed by atoms with van der Waals surface area (Å²) in [4.78, 5) is 0. The Bertz CT molecular complexity index is 1300. The van der Waals surface area contributed by atoms with Crippen LogP contribution in [-0.4, -0.2) is 68.3 Å². The molecule has 0 aliphatic carbocycles. The van der Waals surface area contributed by atoms with Crippen molar-refractivity contribution in [2.24, 2.45) is 0 Å². The van der Waals surface area contributed by atoms with Crippen LogP contribution in [0.3, 0.4) is 0 Å². The molecule has 0 spiro atoms. The molecule has 0 N–H and O–H groups in total. The van der Waals surface area contributed by atoms with Crippen LogP contribution in [-0.2, 0) is 26.6 Å². The summed E-state index contributed by atoms with van der Waals surface area (Å²) < 4.78 is 38.4. The summed E-state index contributed by atoms with van der Waals surface area (Å²) in [5.41, 5.74) is 1.00. The van der Waals surface area contributed by atoms with Crippen LogP contribution in [0, 0.1) is 6.92 Å². The van der Waals surface area contributed by atoms with E-state index in [1.165, 1.54) is 0 Å². The molecule has 0 bridgehead atoms. The molecule has 4 aromatic rings. The summed E-state index contributed by atoms with van der Waals surface area (Å²) in [6.07, 6.45) is 0. The van der Waals surface area contributed by atoms with E-state index >= 15 is 0 Å². The van der Waals surface area contributed by atoms with E-state index in [1.54, 1.807) is 42.7 Å². The highest BCUT2D eigenvalue weighted by atomic mass is 28.4. The normalized spacial score (nSPS) is 12.5. The van der Waals surface area contributed by atoms with Crippen LogP contribution in [0.4, 0.5) is 0 Å². The van der Waals surface area contributed by atoms with Gasteiger partial charge in [-0.3, -0.25) is 0 Å². The van der Waals surface area contributed by atoms with Gasteiger partial charge in [0.25, 0.3) is 0 Å². The lowest BCUT2D eigenvalue weighted by atomic mass is 10.2. The third-order valence-electron chi connectivity index (χ3n) is 7.68. The van der Waals surface area contributed by atoms with Gasteiger partial charge in [-0.05, 0) is 33.2 Å². The van der Waals surface area contributed by atoms with Crippen molar-refractivity contribution in [1.82, 2.24) is 0 Å². The predicted molar refractivity (Wildman–Crippen MR) is 168 cm³/mol. The molecular weight excluding hydrogens is 553 g/mol. The fourth-order valence-electron chi connectivity index (χ4n) is 5.67. The van der Waals surface area contributed by atoms with Gasteiger partial charge in [0.1, 0.15) is 0 Å². The van der Waals surface area contributed by atoms with Crippen molar-refractivity contribution in [1.29, 1.82) is 0 Å². The molecule has 0 saturated carbocycles. The maximum atomic E-state index is 6.41. The molecule has 0 radical (unpaired) electrons. The first-order valence-corrected chi connectivity index (χ1v) is 18.5. The minimum Gasteiger partial charge on any atom is -0.391 e. The number of hydrogen-bond acceptors (Lipinski definition) is 6. The first kappa shape index (κ1) is 30.3. The Hall–Kier alpha value is -2.71. The van der Waals surface area contributed by atoms with Gasteiger partial charge in [0.2, 0.25) is 0 Å². The smallest absolute Gasteiger partial charge is 0.391 e. The average molecular weight is 591 g/mol. The molecule has 0 aromatic heterocycles. The highest BCUT2D eigenvalue weighted by Gasteiger charge is 2.50. The lowest BCUT2D eigenvalue weighted by Crippen LogP contribution is -2.71. The molecule has 0 atom stereocenters. The van der Waals surface area contributed by atoms with Gasteiger partial charge >= 0.3 is 25.7 Å². The van der Waals surface area contributed by atoms with Gasteiger partial charge in [-0.15, -0.1) is 0 Å². The molecule has 0 aliphatic rings. The molecule has 9 heteroatoms. The second kappa shape index (κ2) is 12.9. The molecular formula is C31H38O6Si3. The zero-order valence-electron chi connectivity index (χ0n) is 24.3. The SMILES string of the molecule is CO[Si](OC)(c1ccccc1)c1cc([Si](OC)(OC)c2ccccc2)c(C)c([Si](OC)(OC)c2ccccc2)c1. The quantitative estimate of drug-likeness (QED) is 0.234. The number of benzene rings is 4. The van der Waals surface area contributed by atoms with Crippen LogP contribution in [0.5, 0.6) is 0 Å². The molecule has 0 saturated heterocycles. The van der Waals surface area contributed by atoms with E-state index in [1.807, 2.05) is 54.6 Å². The molecule has 0 amide bonds. The molecule has 0 heterocycles. The van der Waals surface area contributed by atoms with Gasteiger partial charge in [0.15, 0.2) is 0 Å². The van der Waals surface area contributed by atoms with E-state index in [-0.39, 0.29) is 0 Å². The molecule has 210 valence electrons. The maximum Gasteiger partial charge on any atom is 0.406 e. The van der Waals surface area contributed by atoms with Crippen LogP contribution in [0.1, 0.15) is 5.56 Å². The Kier molecular flexibility index (Phi) is 9.72. The van der Waals surface area contributed by atoms with Crippen molar-refractivity contribution in [3.63, 3.8) is 0 Å². The van der Waals surface area contributed by atoms with E-state index in [0.29, 0.717) is 0 Å². The minimum atomic E-state index is -3.19. The highest BCUT2D eigenvalue weighted by molar-refractivity contribution is 6.98. The van der Waals surface area contributed by atoms with Gasteiger partial charge < -0.3 is 26.6 Å². The van der Waals surface area contributed by atoms with Gasteiger partial charge in [-0.1, -0.05) is 103 Å². The van der Waals surface area contributed by atoms with E-state index in [4.69, 9.17) is 26.6 Å². The maximum absolute atomic E-state index is 6.41. The zero-order valence-corrected chi connectivity index (χ0v) is 27.3. The van der Waals surface area contributed by atoms with Gasteiger partial charge in [0.05, 0.1) is 0 Å². The average Bonchev–Trinajstić information content (AvgIpc) is 3.03. The third-order valence-corrected chi connectivity index (χ3v) is 17.9. The van der Waals surface area contributed by atoms with Crippen molar-refractivity contribution in [3.8, 4) is 0 Å². The van der Waals surface area contributed by atoms with Crippen molar-refractivity contribution < 1.29 is 26.6 Å². The van der Waals surface area contributed by atoms with Gasteiger partial charge in [0, 0.05) is 53.0 Å². The Balaban J connectivity index is 2.17. The second-order valence-corrected chi connectivity index (χ2v) is 18.9. The van der Waals surface area contributed by atoms with Crippen LogP contribution in [0.25, 0.3) is 0 Å². The standard InChI is InChI=1S/C31H38O6Si3/c1-25-30(39(34-4,35-5)27-19-13-9-14-20-27)23-29(38(32-2,33-3)26-17-11-8-12-18-26)24-31(25)40(36-6,37-7)28-21-15-10-16-22-28/h8-24H,1-7H3. The van der Waals surface area contributed by atoms with Crippen molar-refractivity contribution in [2.75, 3.05) is 42.7 Å². The zero-order chi connectivity index (χ0) is 28.8. The second-order valence-electron chi connectivity index (χ2n) is 9.37. The molecule has 0 aliphatic heterocycles. The third kappa shape index (κ3) is 4.98. The number of hydrogen-bond donors (Lipinski definition) is 0. The lowest BCUT2D eigenvalue weighted by Gasteiger charge is -2.36. The van der Waals surface area contributed by atoms with Crippen LogP contribution in [0.2, 0.25) is 0 Å². The summed E-state index contributed by atoms with van der Waals surface area (Å²) in [5, 5.41) is 5.82. The fraction of sp³-hybridized carbons (Fsp3) is 0.226. The molecule has 0 unspecified atom stereocenters. The minimum absolute atomic E-state index is 0.920. The first-order chi connectivity index (χ1) is 19.4. The summed E-state index contributed by atoms with van der Waals surface area (Å²) in [5.74, 6) is 0. The van der Waals surface area contributed by atoms with Crippen LogP contribution in [0.15, 0.2) is 103 Å². The summed E-state index contributed by atoms with van der Waals surface area (Å²) in [7, 11) is 0.753. The Morgan fingerprint density at radius 3 is 0.925 bits per heavy atom. The topological polar surface area (TPSA) is 55.4 Å². The van der Waals surface area contributed by atoms with Crippen molar-refractivity contribution >= 4 is 56.8 Å². The Morgan fingerprint density at radius 1 is 0.375 bits per heavy atom. The highest BCUT2D eigenvalue weighted by Crippen LogP contribution is 2.17. The lowest BCUT2D eigenvalue weighted by molar-refractivity contribution is 0.270. The molecule has 6 nitrogen and oxygen atoms in total. The van der Waals surface area contributed by atoms with E-state index in [0.717, 1.165) is 36.7 Å². The molecule has 4 aromatic carbocycles. The summed E-state index contributed by atoms with van der Waals surface area (Å²) in [6.45, 7) is 2.10. The largest absolute Gasteiger partial charge is 0.406 e. The first-order valence-electron chi connectivity index (χ1n) is 13.1. The van der Waals surface area contributed by atoms with E-state index in [2.05, 4.69) is 55.5 Å². The summed E-state index contributed by atoms with van der Waals surface area (Å²) >= 11 is 0. The number of rotatable bonds is 12. The molecule has 4 rings (SSSR count). The van der Waals surface area contributed by atoms with Gasteiger partial charge in [-0.25, -0.2) is 0 Å². The fourth-order valence-corrected chi connectivity index (χ4v) is 14.8. The van der Waals surface area contributed by atoms with E-state index in [9.17, 15) is 0 Å². The summed E-state index contributed by atoms with van der Waals surface area (Å²) in [6, 6.07) is 34.7.